The maximum Gasteiger partial charge on any atom is 0.0791 e. The minimum Gasteiger partial charge on any atom is -0.317 e. The molecule has 0 aromatic carbocycles. The summed E-state index contributed by atoms with van der Waals surface area (Å²) in [4.78, 5) is 3.74. The maximum absolute atomic E-state index is 3.74. The monoisotopic (exact) mass is 225 g/mol. The zero-order valence-corrected chi connectivity index (χ0v) is 9.28. The molecule has 0 amide bonds. The summed E-state index contributed by atoms with van der Waals surface area (Å²) in [7, 11) is 0. The fraction of sp³-hybridized carbons (Fsp3) is 0.444. The van der Waals surface area contributed by atoms with Gasteiger partial charge in [0.1, 0.15) is 0 Å². The molecule has 82 valence electrons. The number of aromatic nitrogens is 4. The predicted octanol–water partition coefficient (Wildman–Crippen LogP) is 1.32. The van der Waals surface area contributed by atoms with Gasteiger partial charge in [-0.25, -0.2) is 0 Å². The summed E-state index contributed by atoms with van der Waals surface area (Å²) in [5.41, 5.74) is 1.79. The summed E-state index contributed by atoms with van der Waals surface area (Å²) < 4.78 is 0. The summed E-state index contributed by atoms with van der Waals surface area (Å²) in [6.45, 7) is 2.50. The molecule has 6 heteroatoms. The molecule has 0 aliphatic carbocycles. The second kappa shape index (κ2) is 9.29. The van der Waals surface area contributed by atoms with Crippen LogP contribution in [0.2, 0.25) is 0 Å². The van der Waals surface area contributed by atoms with E-state index in [-0.39, 0.29) is 0 Å². The lowest BCUT2D eigenvalue weighted by molar-refractivity contribution is 0.857. The summed E-state index contributed by atoms with van der Waals surface area (Å²) >= 11 is 1.60. The van der Waals surface area contributed by atoms with Crippen LogP contribution >= 0.6 is 11.3 Å². The molecule has 15 heavy (non-hydrogen) atoms. The molecule has 5 nitrogen and oxygen atoms in total. The topological polar surface area (TPSA) is 66.5 Å². The number of hydrogen-bond donors (Lipinski definition) is 2. The van der Waals surface area contributed by atoms with Crippen LogP contribution in [0.25, 0.3) is 0 Å². The number of H-pyrrole nitrogens is 1. The molecule has 2 aromatic rings. The van der Waals surface area contributed by atoms with Crippen molar-refractivity contribution in [1.29, 1.82) is 0 Å². The molecular weight excluding hydrogens is 210 g/mol. The highest BCUT2D eigenvalue weighted by Gasteiger charge is 1.93. The largest absolute Gasteiger partial charge is 0.317 e. The number of rotatable bonds is 0. The minimum atomic E-state index is 1.25. The normalized spacial score (nSPS) is 13.3. The first-order valence-corrected chi connectivity index (χ1v) is 5.77. The smallest absolute Gasteiger partial charge is 0.0791 e. The second-order valence-corrected chi connectivity index (χ2v) is 3.54. The summed E-state index contributed by atoms with van der Waals surface area (Å²) in [6.07, 6.45) is 7.71. The van der Waals surface area contributed by atoms with Crippen LogP contribution in [0.5, 0.6) is 0 Å². The molecule has 3 rings (SSSR count). The van der Waals surface area contributed by atoms with E-state index in [1.165, 1.54) is 25.9 Å². The first kappa shape index (κ1) is 11.8. The van der Waals surface area contributed by atoms with Gasteiger partial charge in [0.15, 0.2) is 0 Å². The van der Waals surface area contributed by atoms with Crippen LogP contribution < -0.4 is 5.32 Å². The Balaban J connectivity index is 0.000000112. The van der Waals surface area contributed by atoms with Crippen LogP contribution in [0, 0.1) is 0 Å². The first-order chi connectivity index (χ1) is 7.50. The van der Waals surface area contributed by atoms with E-state index < -0.39 is 0 Å². The SMILES string of the molecule is C1CCNC1.c1cn[nH]n1.c1cscn1. The van der Waals surface area contributed by atoms with Crippen molar-refractivity contribution in [3.05, 3.63) is 29.5 Å². The summed E-state index contributed by atoms with van der Waals surface area (Å²) in [5.74, 6) is 0. The van der Waals surface area contributed by atoms with Crippen molar-refractivity contribution in [3.63, 3.8) is 0 Å². The summed E-state index contributed by atoms with van der Waals surface area (Å²) in [6, 6.07) is 0. The molecule has 0 saturated carbocycles. The van der Waals surface area contributed by atoms with Crippen LogP contribution in [0.3, 0.4) is 0 Å². The van der Waals surface area contributed by atoms with Gasteiger partial charge in [0.2, 0.25) is 0 Å². The van der Waals surface area contributed by atoms with E-state index in [0.717, 1.165) is 0 Å². The van der Waals surface area contributed by atoms with Gasteiger partial charge in [0, 0.05) is 11.6 Å². The highest BCUT2D eigenvalue weighted by atomic mass is 32.1. The average Bonchev–Trinajstić information content (AvgIpc) is 3.09. The van der Waals surface area contributed by atoms with E-state index in [0.29, 0.717) is 0 Å². The zero-order valence-electron chi connectivity index (χ0n) is 8.47. The number of hydrogen-bond acceptors (Lipinski definition) is 5. The molecule has 0 spiro atoms. The quantitative estimate of drug-likeness (QED) is 0.709. The standard InChI is InChI=1S/C4H9N.C3H3NS.C2H3N3/c1-2-4-5-3-1;1-2-5-3-4-1;1-2-4-5-3-1/h5H,1-4H2;1-3H;1-2H,(H,3,4,5). The second-order valence-electron chi connectivity index (χ2n) is 2.79. The van der Waals surface area contributed by atoms with E-state index in [1.807, 2.05) is 5.38 Å². The molecule has 3 heterocycles. The molecule has 1 fully saturated rings. The lowest BCUT2D eigenvalue weighted by Gasteiger charge is -1.76. The third kappa shape index (κ3) is 7.77. The van der Waals surface area contributed by atoms with Crippen LogP contribution in [-0.4, -0.2) is 33.5 Å². The molecular formula is C9H15N5S. The number of aromatic amines is 1. The third-order valence-electron chi connectivity index (χ3n) is 1.64. The van der Waals surface area contributed by atoms with Crippen LogP contribution in [0.4, 0.5) is 0 Å². The Hall–Kier alpha value is -1.27. The van der Waals surface area contributed by atoms with Crippen LogP contribution in [-0.2, 0) is 0 Å². The number of nitrogens with zero attached hydrogens (tertiary/aromatic N) is 3. The van der Waals surface area contributed by atoms with Gasteiger partial charge in [-0.1, -0.05) is 0 Å². The van der Waals surface area contributed by atoms with E-state index in [4.69, 9.17) is 0 Å². The molecule has 0 bridgehead atoms. The van der Waals surface area contributed by atoms with Crippen LogP contribution in [0.1, 0.15) is 12.8 Å². The van der Waals surface area contributed by atoms with E-state index in [9.17, 15) is 0 Å². The third-order valence-corrected chi connectivity index (χ3v) is 2.16. The highest BCUT2D eigenvalue weighted by molar-refractivity contribution is 7.07. The number of thiazole rings is 1. The van der Waals surface area contributed by atoms with Crippen LogP contribution in [0.15, 0.2) is 29.5 Å². The van der Waals surface area contributed by atoms with Crippen molar-refractivity contribution in [1.82, 2.24) is 25.7 Å². The van der Waals surface area contributed by atoms with Gasteiger partial charge < -0.3 is 5.32 Å². The number of nitrogens with one attached hydrogen (secondary N) is 2. The minimum absolute atomic E-state index is 1.25. The van der Waals surface area contributed by atoms with Crippen molar-refractivity contribution in [2.45, 2.75) is 12.8 Å². The molecule has 0 atom stereocenters. The van der Waals surface area contributed by atoms with Crippen molar-refractivity contribution in [2.24, 2.45) is 0 Å². The highest BCUT2D eigenvalue weighted by Crippen LogP contribution is 1.90. The molecule has 1 aliphatic rings. The lowest BCUT2D eigenvalue weighted by atomic mass is 10.4. The van der Waals surface area contributed by atoms with Gasteiger partial charge in [-0.2, -0.15) is 15.4 Å². The first-order valence-electron chi connectivity index (χ1n) is 4.83. The fourth-order valence-electron chi connectivity index (χ4n) is 0.967. The van der Waals surface area contributed by atoms with Crippen molar-refractivity contribution in [3.8, 4) is 0 Å². The Bertz CT molecular complexity index is 209. The fourth-order valence-corrected chi connectivity index (χ4v) is 1.32. The van der Waals surface area contributed by atoms with Gasteiger partial charge >= 0.3 is 0 Å². The van der Waals surface area contributed by atoms with E-state index in [2.05, 4.69) is 25.7 Å². The van der Waals surface area contributed by atoms with Gasteiger partial charge in [0.25, 0.3) is 0 Å². The Morgan fingerprint density at radius 3 is 1.93 bits per heavy atom. The van der Waals surface area contributed by atoms with Crippen molar-refractivity contribution < 1.29 is 0 Å². The zero-order chi connectivity index (χ0) is 10.6. The Morgan fingerprint density at radius 2 is 1.73 bits per heavy atom. The summed E-state index contributed by atoms with van der Waals surface area (Å²) in [5, 5.41) is 14.5. The van der Waals surface area contributed by atoms with Crippen molar-refractivity contribution in [2.75, 3.05) is 13.1 Å². The molecule has 1 saturated heterocycles. The van der Waals surface area contributed by atoms with Crippen molar-refractivity contribution >= 4 is 11.3 Å². The molecule has 2 N–H and O–H groups in total. The van der Waals surface area contributed by atoms with Gasteiger partial charge in [0.05, 0.1) is 17.9 Å². The van der Waals surface area contributed by atoms with Gasteiger partial charge in [-0.15, -0.1) is 11.3 Å². The maximum atomic E-state index is 3.74. The Kier molecular flexibility index (Phi) is 7.31. The van der Waals surface area contributed by atoms with Gasteiger partial charge in [-0.05, 0) is 25.9 Å². The van der Waals surface area contributed by atoms with Gasteiger partial charge in [-0.3, -0.25) is 4.98 Å². The average molecular weight is 225 g/mol. The molecule has 2 aromatic heterocycles. The Labute approximate surface area is 92.9 Å². The Morgan fingerprint density at radius 1 is 1.00 bits per heavy atom. The molecule has 0 radical (unpaired) electrons. The lowest BCUT2D eigenvalue weighted by Crippen LogP contribution is -2.03. The molecule has 1 aliphatic heterocycles. The van der Waals surface area contributed by atoms with E-state index in [1.54, 1.807) is 35.4 Å². The molecule has 0 unspecified atom stereocenters. The predicted molar refractivity (Wildman–Crippen MR) is 60.6 cm³/mol. The van der Waals surface area contributed by atoms with E-state index >= 15 is 0 Å².